The fraction of sp³-hybridized carbons (Fsp3) is 0.536. The van der Waals surface area contributed by atoms with Crippen molar-refractivity contribution in [3.63, 3.8) is 0 Å². The molecule has 11 heteroatoms. The number of aliphatic hydroxyl groups is 2. The highest BCUT2D eigenvalue weighted by atomic mass is 16.5. The van der Waals surface area contributed by atoms with Crippen molar-refractivity contribution >= 4 is 23.6 Å². The Labute approximate surface area is 228 Å². The highest BCUT2D eigenvalue weighted by Crippen LogP contribution is 2.25. The number of aromatic nitrogens is 2. The zero-order chi connectivity index (χ0) is 28.5. The molecule has 0 radical (unpaired) electrons. The maximum absolute atomic E-state index is 13.2. The molecule has 0 aliphatic carbocycles. The van der Waals surface area contributed by atoms with Crippen molar-refractivity contribution in [1.82, 2.24) is 20.2 Å². The van der Waals surface area contributed by atoms with Crippen LogP contribution in [-0.4, -0.2) is 86.6 Å². The van der Waals surface area contributed by atoms with Gasteiger partial charge in [-0.2, -0.15) is 0 Å². The number of cyclic esters (lactones) is 1. The number of ether oxygens (including phenoxy) is 1. The molecule has 1 aromatic heterocycles. The minimum Gasteiger partial charge on any atom is -0.460 e. The Morgan fingerprint density at radius 3 is 2.74 bits per heavy atom. The van der Waals surface area contributed by atoms with Crippen LogP contribution >= 0.6 is 0 Å². The fourth-order valence-corrected chi connectivity index (χ4v) is 4.75. The Morgan fingerprint density at radius 2 is 2.00 bits per heavy atom. The normalized spacial score (nSPS) is 27.8. The number of carbonyl (C=O) groups excluding carboxylic acids is 4. The number of allylic oxidation sites excluding steroid dienone is 2. The summed E-state index contributed by atoms with van der Waals surface area (Å²) in [5.41, 5.74) is 0.876. The number of nitrogens with zero attached hydrogens (tertiary/aromatic N) is 2. The molecule has 1 aromatic rings. The maximum Gasteiger partial charge on any atom is 0.329 e. The third-order valence-corrected chi connectivity index (χ3v) is 6.85. The zero-order valence-corrected chi connectivity index (χ0v) is 22.6. The number of aliphatic hydroxyl groups excluding tert-OH is 2. The smallest absolute Gasteiger partial charge is 0.329 e. The third kappa shape index (κ3) is 8.46. The van der Waals surface area contributed by atoms with Gasteiger partial charge in [0.2, 0.25) is 5.91 Å². The summed E-state index contributed by atoms with van der Waals surface area (Å²) in [5, 5.41) is 22.8. The van der Waals surface area contributed by atoms with Crippen molar-refractivity contribution in [3.05, 3.63) is 53.7 Å². The number of esters is 1. The third-order valence-electron chi connectivity index (χ3n) is 6.85. The van der Waals surface area contributed by atoms with E-state index in [2.05, 4.69) is 15.3 Å². The second-order valence-electron chi connectivity index (χ2n) is 10.2. The number of H-pyrrole nitrogens is 1. The van der Waals surface area contributed by atoms with Gasteiger partial charge in [0.1, 0.15) is 29.4 Å². The summed E-state index contributed by atoms with van der Waals surface area (Å²) < 4.78 is 5.82. The number of hydrogen-bond donors (Lipinski definition) is 4. The van der Waals surface area contributed by atoms with E-state index >= 15 is 0 Å². The van der Waals surface area contributed by atoms with Gasteiger partial charge >= 0.3 is 5.97 Å². The number of hydrogen-bond acceptors (Lipinski definition) is 8. The summed E-state index contributed by atoms with van der Waals surface area (Å²) in [6.45, 7) is 5.69. The largest absolute Gasteiger partial charge is 0.460 e. The van der Waals surface area contributed by atoms with Gasteiger partial charge in [0.05, 0.1) is 18.7 Å². The lowest BCUT2D eigenvalue weighted by molar-refractivity contribution is -0.159. The molecule has 0 unspecified atom stereocenters. The average Bonchev–Trinajstić information content (AvgIpc) is 3.57. The lowest BCUT2D eigenvalue weighted by Crippen LogP contribution is -2.44. The van der Waals surface area contributed by atoms with E-state index in [1.54, 1.807) is 45.1 Å². The Hall–Kier alpha value is -3.57. The molecular weight excluding hydrogens is 504 g/mol. The van der Waals surface area contributed by atoms with E-state index in [4.69, 9.17) is 4.74 Å². The van der Waals surface area contributed by atoms with Gasteiger partial charge in [-0.3, -0.25) is 14.4 Å². The Balaban J connectivity index is 1.87. The van der Waals surface area contributed by atoms with E-state index in [1.807, 2.05) is 0 Å². The van der Waals surface area contributed by atoms with Gasteiger partial charge in [-0.1, -0.05) is 43.7 Å². The molecule has 0 spiro atoms. The Kier molecular flexibility index (Phi) is 10.8. The molecule has 11 nitrogen and oxygen atoms in total. The van der Waals surface area contributed by atoms with Crippen molar-refractivity contribution in [1.29, 1.82) is 0 Å². The minimum atomic E-state index is -0.996. The van der Waals surface area contributed by atoms with Crippen LogP contribution in [0.2, 0.25) is 0 Å². The van der Waals surface area contributed by atoms with Gasteiger partial charge in [0.15, 0.2) is 0 Å². The molecule has 2 amide bonds. The number of amides is 2. The zero-order valence-electron chi connectivity index (χ0n) is 22.6. The summed E-state index contributed by atoms with van der Waals surface area (Å²) >= 11 is 0. The van der Waals surface area contributed by atoms with E-state index in [1.165, 1.54) is 17.2 Å². The van der Waals surface area contributed by atoms with Crippen molar-refractivity contribution < 1.29 is 34.1 Å². The summed E-state index contributed by atoms with van der Waals surface area (Å²) in [5.74, 6) is -2.11. The lowest BCUT2D eigenvalue weighted by atomic mass is 9.93. The molecule has 4 N–H and O–H groups in total. The predicted octanol–water partition coefficient (Wildman–Crippen LogP) is 1.24. The van der Waals surface area contributed by atoms with Crippen molar-refractivity contribution in [2.24, 2.45) is 11.8 Å². The molecule has 1 saturated heterocycles. The summed E-state index contributed by atoms with van der Waals surface area (Å²) in [7, 11) is 0. The number of nitrogens with one attached hydrogen (secondary N) is 2. The maximum atomic E-state index is 13.2. The minimum absolute atomic E-state index is 0.0871. The highest BCUT2D eigenvalue weighted by Gasteiger charge is 2.38. The molecule has 1 fully saturated rings. The van der Waals surface area contributed by atoms with E-state index < -0.39 is 36.0 Å². The number of imidazole rings is 1. The van der Waals surface area contributed by atoms with Crippen molar-refractivity contribution in [3.8, 4) is 0 Å². The molecule has 2 aliphatic heterocycles. The van der Waals surface area contributed by atoms with E-state index in [-0.39, 0.29) is 49.3 Å². The first-order valence-corrected chi connectivity index (χ1v) is 13.3. The predicted molar refractivity (Wildman–Crippen MR) is 142 cm³/mol. The molecule has 5 atom stereocenters. The van der Waals surface area contributed by atoms with Gasteiger partial charge in [-0.05, 0) is 25.8 Å². The Morgan fingerprint density at radius 1 is 1.23 bits per heavy atom. The molecule has 3 heterocycles. The van der Waals surface area contributed by atoms with Crippen LogP contribution in [0.5, 0.6) is 0 Å². The van der Waals surface area contributed by atoms with Gasteiger partial charge in [0, 0.05) is 38.0 Å². The summed E-state index contributed by atoms with van der Waals surface area (Å²) in [6, 6.07) is -0.808. The summed E-state index contributed by atoms with van der Waals surface area (Å²) in [4.78, 5) is 59.7. The second kappa shape index (κ2) is 14.0. The molecule has 0 aromatic carbocycles. The molecule has 39 heavy (non-hydrogen) atoms. The van der Waals surface area contributed by atoms with Gasteiger partial charge in [-0.15, -0.1) is 0 Å². The second-order valence-corrected chi connectivity index (χ2v) is 10.2. The average molecular weight is 543 g/mol. The molecule has 0 saturated carbocycles. The highest BCUT2D eigenvalue weighted by molar-refractivity contribution is 5.95. The van der Waals surface area contributed by atoms with Crippen LogP contribution in [0.15, 0.2) is 42.2 Å². The molecule has 3 rings (SSSR count). The van der Waals surface area contributed by atoms with Crippen LogP contribution in [0, 0.1) is 11.8 Å². The van der Waals surface area contributed by atoms with Crippen molar-refractivity contribution in [2.45, 2.75) is 64.7 Å². The van der Waals surface area contributed by atoms with Gasteiger partial charge in [-0.25, -0.2) is 9.78 Å². The number of aromatic amines is 1. The topological polar surface area (TPSA) is 162 Å². The summed E-state index contributed by atoms with van der Waals surface area (Å²) in [6.07, 6.45) is 8.44. The van der Waals surface area contributed by atoms with Crippen molar-refractivity contribution in [2.75, 3.05) is 19.7 Å². The van der Waals surface area contributed by atoms with E-state index in [0.29, 0.717) is 25.2 Å². The van der Waals surface area contributed by atoms with Gasteiger partial charge in [0.25, 0.3) is 5.91 Å². The first-order valence-electron chi connectivity index (χ1n) is 13.3. The van der Waals surface area contributed by atoms with Crippen LogP contribution in [-0.2, 0) is 25.5 Å². The molecule has 2 aliphatic rings. The quantitative estimate of drug-likeness (QED) is 0.406. The van der Waals surface area contributed by atoms with Crippen LogP contribution in [0.4, 0.5) is 0 Å². The van der Waals surface area contributed by atoms with Crippen LogP contribution in [0.1, 0.15) is 56.3 Å². The van der Waals surface area contributed by atoms with Gasteiger partial charge < -0.3 is 30.2 Å². The molecule has 212 valence electrons. The molecule has 2 bridgehead atoms. The number of Topliss-reactive ketones (excluding diaryl/α,β-unsaturated/α-hetero) is 1. The van der Waals surface area contributed by atoms with E-state index in [9.17, 15) is 29.4 Å². The standard InChI is InChI=1S/C28H38N4O7/c1-17-6-4-10-29-25(36)9-8-18(2)26(19(3)16-33)39-28(38)23-7-5-11-32(23)27(37)22-15-30-24(31-22)14-21(35)13-20(34)12-17/h4,6,8-9,12,15,18-20,23,26,33-34H,5,7,10-11,13-14,16H2,1-3H3,(H,29,36)(H,30,31)/b6-4?,9-8+,17-12?/t18-,19+,20-,23-,26+/m1/s1. The number of carbonyl (C=O) groups is 4. The van der Waals surface area contributed by atoms with E-state index in [0.717, 1.165) is 5.57 Å². The monoisotopic (exact) mass is 542 g/mol. The lowest BCUT2D eigenvalue weighted by Gasteiger charge is -2.30. The van der Waals surface area contributed by atoms with Crippen LogP contribution in [0.25, 0.3) is 0 Å². The first kappa shape index (κ1) is 30.0. The number of ketones is 1. The fourth-order valence-electron chi connectivity index (χ4n) is 4.75. The Bertz CT molecular complexity index is 1140. The molecular formula is C28H38N4O7. The number of fused-ring (bicyclic) bond motifs is 3. The van der Waals surface area contributed by atoms with Crippen LogP contribution in [0.3, 0.4) is 0 Å². The SMILES string of the molecule is CC1=C[C@@H](O)CC(=O)Cc2ncc([nH]2)C(=O)N2CCC[C@@H]2C(=O)O[C@H]([C@@H](C)CO)[C@H](C)/C=C/C(=O)NCC=C1. The van der Waals surface area contributed by atoms with Crippen LogP contribution < -0.4 is 5.32 Å². The number of rotatable bonds is 2. The first-order chi connectivity index (χ1) is 18.6.